The van der Waals surface area contributed by atoms with Crippen LogP contribution in [0.5, 0.6) is 0 Å². The number of rotatable bonds is 2. The second-order valence-corrected chi connectivity index (χ2v) is 5.96. The highest BCUT2D eigenvalue weighted by Gasteiger charge is 2.37. The van der Waals surface area contributed by atoms with Gasteiger partial charge in [0, 0.05) is 36.4 Å². The third-order valence-corrected chi connectivity index (χ3v) is 4.63. The Morgan fingerprint density at radius 1 is 1.26 bits per heavy atom. The van der Waals surface area contributed by atoms with Gasteiger partial charge >= 0.3 is 0 Å². The van der Waals surface area contributed by atoms with Crippen molar-refractivity contribution in [1.29, 1.82) is 0 Å². The molecule has 3 heteroatoms. The highest BCUT2D eigenvalue weighted by Crippen LogP contribution is 2.35. The fraction of sp³-hybridized carbons (Fsp3) is 0.500. The number of halogens is 1. The normalized spacial score (nSPS) is 21.8. The second-order valence-electron chi connectivity index (χ2n) is 5.71. The Labute approximate surface area is 120 Å². The first kappa shape index (κ1) is 13.0. The van der Waals surface area contributed by atoms with E-state index in [0.717, 1.165) is 19.6 Å². The Bertz CT molecular complexity index is 464. The van der Waals surface area contributed by atoms with Crippen LogP contribution >= 0.6 is 11.6 Å². The van der Waals surface area contributed by atoms with E-state index in [0.29, 0.717) is 5.54 Å². The van der Waals surface area contributed by atoms with Crippen molar-refractivity contribution in [2.24, 2.45) is 0 Å². The summed E-state index contributed by atoms with van der Waals surface area (Å²) in [7, 11) is 0. The summed E-state index contributed by atoms with van der Waals surface area (Å²) in [6.45, 7) is 2.96. The van der Waals surface area contributed by atoms with Crippen LogP contribution in [0, 0.1) is 0 Å². The van der Waals surface area contributed by atoms with Gasteiger partial charge in [-0.15, -0.1) is 0 Å². The minimum atomic E-state index is 0.305. The molecule has 102 valence electrons. The van der Waals surface area contributed by atoms with Crippen LogP contribution in [0.15, 0.2) is 35.9 Å². The first-order valence-corrected chi connectivity index (χ1v) is 7.60. The van der Waals surface area contributed by atoms with Gasteiger partial charge < -0.3 is 10.2 Å². The minimum absolute atomic E-state index is 0.305. The molecular weight excluding hydrogens is 256 g/mol. The maximum absolute atomic E-state index is 5.72. The predicted molar refractivity (Wildman–Crippen MR) is 81.7 cm³/mol. The van der Waals surface area contributed by atoms with E-state index in [9.17, 15) is 0 Å². The summed E-state index contributed by atoms with van der Waals surface area (Å²) in [5.41, 5.74) is 4.68. The summed E-state index contributed by atoms with van der Waals surface area (Å²) < 4.78 is 0. The van der Waals surface area contributed by atoms with Crippen molar-refractivity contribution in [3.8, 4) is 0 Å². The first-order valence-electron chi connectivity index (χ1n) is 7.16. The molecule has 0 amide bonds. The summed E-state index contributed by atoms with van der Waals surface area (Å²) in [6.07, 6.45) is 7.32. The van der Waals surface area contributed by atoms with Crippen LogP contribution in [0.3, 0.4) is 0 Å². The number of anilines is 1. The van der Waals surface area contributed by atoms with Gasteiger partial charge in [0.25, 0.3) is 0 Å². The van der Waals surface area contributed by atoms with E-state index >= 15 is 0 Å². The molecule has 1 saturated carbocycles. The largest absolute Gasteiger partial charge is 0.366 e. The van der Waals surface area contributed by atoms with Crippen molar-refractivity contribution in [1.82, 2.24) is 5.32 Å². The SMILES string of the molecule is Cl/C=C/CN1CC2(CCCC2)NCc2ccccc21. The molecule has 1 aliphatic carbocycles. The Morgan fingerprint density at radius 3 is 2.84 bits per heavy atom. The molecule has 1 fully saturated rings. The number of para-hydroxylation sites is 1. The monoisotopic (exact) mass is 276 g/mol. The van der Waals surface area contributed by atoms with Crippen molar-refractivity contribution in [2.75, 3.05) is 18.0 Å². The molecule has 1 spiro atoms. The van der Waals surface area contributed by atoms with Crippen LogP contribution in [0.4, 0.5) is 5.69 Å². The van der Waals surface area contributed by atoms with E-state index in [4.69, 9.17) is 11.6 Å². The summed E-state index contributed by atoms with van der Waals surface area (Å²) in [4.78, 5) is 2.47. The molecule has 0 aromatic heterocycles. The zero-order valence-corrected chi connectivity index (χ0v) is 12.0. The average molecular weight is 277 g/mol. The molecule has 0 atom stereocenters. The van der Waals surface area contributed by atoms with Gasteiger partial charge in [-0.3, -0.25) is 0 Å². The Hall–Kier alpha value is -0.990. The molecule has 1 heterocycles. The molecule has 1 aromatic carbocycles. The zero-order valence-electron chi connectivity index (χ0n) is 11.2. The predicted octanol–water partition coefficient (Wildman–Crippen LogP) is 3.66. The Balaban J connectivity index is 1.91. The van der Waals surface area contributed by atoms with Crippen molar-refractivity contribution in [3.63, 3.8) is 0 Å². The number of fused-ring (bicyclic) bond motifs is 1. The van der Waals surface area contributed by atoms with Crippen LogP contribution in [0.2, 0.25) is 0 Å². The number of nitrogens with one attached hydrogen (secondary N) is 1. The molecule has 0 bridgehead atoms. The topological polar surface area (TPSA) is 15.3 Å². The van der Waals surface area contributed by atoms with Crippen molar-refractivity contribution in [2.45, 2.75) is 37.8 Å². The lowest BCUT2D eigenvalue weighted by Gasteiger charge is -2.34. The third-order valence-electron chi connectivity index (χ3n) is 4.46. The van der Waals surface area contributed by atoms with E-state index in [1.807, 2.05) is 6.08 Å². The highest BCUT2D eigenvalue weighted by molar-refractivity contribution is 6.25. The zero-order chi connectivity index (χ0) is 13.1. The van der Waals surface area contributed by atoms with Crippen LogP contribution in [0.25, 0.3) is 0 Å². The standard InChI is InChI=1S/C16H21ClN2/c17-10-5-11-19-13-16(8-3-4-9-16)18-12-14-6-1-2-7-15(14)19/h1-2,5-7,10,18H,3-4,8-9,11-13H2/b10-5+. The number of benzene rings is 1. The van der Waals surface area contributed by atoms with Crippen LogP contribution in [0.1, 0.15) is 31.2 Å². The molecule has 0 radical (unpaired) electrons. The smallest absolute Gasteiger partial charge is 0.0415 e. The number of hydrogen-bond acceptors (Lipinski definition) is 2. The lowest BCUT2D eigenvalue weighted by atomic mass is 9.97. The molecule has 0 saturated heterocycles. The van der Waals surface area contributed by atoms with Crippen LogP contribution < -0.4 is 10.2 Å². The molecule has 19 heavy (non-hydrogen) atoms. The molecule has 1 N–H and O–H groups in total. The van der Waals surface area contributed by atoms with Crippen molar-refractivity contribution >= 4 is 17.3 Å². The average Bonchev–Trinajstić information content (AvgIpc) is 2.84. The Morgan fingerprint density at radius 2 is 2.05 bits per heavy atom. The van der Waals surface area contributed by atoms with E-state index in [-0.39, 0.29) is 0 Å². The molecule has 2 aliphatic rings. The van der Waals surface area contributed by atoms with Crippen LogP contribution in [-0.2, 0) is 6.54 Å². The highest BCUT2D eigenvalue weighted by atomic mass is 35.5. The maximum atomic E-state index is 5.72. The lowest BCUT2D eigenvalue weighted by molar-refractivity contribution is 0.340. The molecule has 3 rings (SSSR count). The quantitative estimate of drug-likeness (QED) is 0.887. The first-order chi connectivity index (χ1) is 9.33. The summed E-state index contributed by atoms with van der Waals surface area (Å²) in [5, 5.41) is 3.82. The van der Waals surface area contributed by atoms with Crippen molar-refractivity contribution < 1.29 is 0 Å². The fourth-order valence-electron chi connectivity index (χ4n) is 3.47. The van der Waals surface area contributed by atoms with E-state index in [2.05, 4.69) is 34.5 Å². The summed E-state index contributed by atoms with van der Waals surface area (Å²) >= 11 is 5.72. The molecule has 2 nitrogen and oxygen atoms in total. The molecule has 1 aromatic rings. The molecule has 0 unspecified atom stereocenters. The van der Waals surface area contributed by atoms with Gasteiger partial charge in [0.15, 0.2) is 0 Å². The van der Waals surface area contributed by atoms with Crippen molar-refractivity contribution in [3.05, 3.63) is 41.4 Å². The number of nitrogens with zero attached hydrogens (tertiary/aromatic N) is 1. The summed E-state index contributed by atoms with van der Waals surface area (Å²) in [6, 6.07) is 8.71. The van der Waals surface area contributed by atoms with Gasteiger partial charge in [-0.1, -0.05) is 48.7 Å². The van der Waals surface area contributed by atoms with Gasteiger partial charge in [-0.2, -0.15) is 0 Å². The lowest BCUT2D eigenvalue weighted by Crippen LogP contribution is -2.49. The third kappa shape index (κ3) is 2.65. The van der Waals surface area contributed by atoms with Gasteiger partial charge in [0.2, 0.25) is 0 Å². The van der Waals surface area contributed by atoms with E-state index in [1.165, 1.54) is 36.9 Å². The Kier molecular flexibility index (Phi) is 3.81. The van der Waals surface area contributed by atoms with Crippen LogP contribution in [-0.4, -0.2) is 18.6 Å². The minimum Gasteiger partial charge on any atom is -0.366 e. The molecule has 1 aliphatic heterocycles. The van der Waals surface area contributed by atoms with E-state index in [1.54, 1.807) is 5.54 Å². The maximum Gasteiger partial charge on any atom is 0.0415 e. The molecular formula is C16H21ClN2. The van der Waals surface area contributed by atoms with Gasteiger partial charge in [-0.05, 0) is 24.5 Å². The number of hydrogen-bond donors (Lipinski definition) is 1. The van der Waals surface area contributed by atoms with Gasteiger partial charge in [0.1, 0.15) is 0 Å². The van der Waals surface area contributed by atoms with E-state index < -0.39 is 0 Å². The van der Waals surface area contributed by atoms with Gasteiger partial charge in [0.05, 0.1) is 0 Å². The summed E-state index contributed by atoms with van der Waals surface area (Å²) in [5.74, 6) is 0. The van der Waals surface area contributed by atoms with Gasteiger partial charge in [-0.25, -0.2) is 0 Å². The fourth-order valence-corrected chi connectivity index (χ4v) is 3.55. The second kappa shape index (κ2) is 5.56.